The predicted octanol–water partition coefficient (Wildman–Crippen LogP) is 2.70. The highest BCUT2D eigenvalue weighted by Crippen LogP contribution is 2.13. The van der Waals surface area contributed by atoms with E-state index in [-0.39, 0.29) is 17.7 Å². The Morgan fingerprint density at radius 2 is 2.29 bits per heavy atom. The first-order chi connectivity index (χ1) is 10.1. The molecule has 2 aromatic rings. The molecule has 112 valence electrons. The molecule has 2 rings (SSSR count). The van der Waals surface area contributed by atoms with Crippen LogP contribution in [-0.4, -0.2) is 17.1 Å². The highest BCUT2D eigenvalue weighted by Gasteiger charge is 2.09. The van der Waals surface area contributed by atoms with Gasteiger partial charge in [-0.1, -0.05) is 23.4 Å². The number of nitrogens with zero attached hydrogens (tertiary/aromatic N) is 1. The van der Waals surface area contributed by atoms with Crippen LogP contribution in [0.15, 0.2) is 40.9 Å². The fraction of sp³-hybridized carbons (Fsp3) is 0.267. The molecule has 0 radical (unpaired) electrons. The molecule has 0 aliphatic rings. The summed E-state index contributed by atoms with van der Waals surface area (Å²) in [5, 5.41) is 16.8. The summed E-state index contributed by atoms with van der Waals surface area (Å²) >= 11 is 1.72. The third kappa shape index (κ3) is 4.27. The molecule has 0 aliphatic carbocycles. The number of nitrogens with one attached hydrogen (secondary N) is 1. The normalized spacial score (nSPS) is 13.3. The summed E-state index contributed by atoms with van der Waals surface area (Å²) in [6.07, 6.45) is 0.918. The topological polar surface area (TPSA) is 70.6 Å². The molecule has 1 atom stereocenters. The Bertz CT molecular complexity index is 613. The lowest BCUT2D eigenvalue weighted by Crippen LogP contribution is -2.27. The molecule has 1 heterocycles. The molecule has 1 unspecified atom stereocenters. The molecule has 4 N–H and O–H groups in total. The fourth-order valence-electron chi connectivity index (χ4n) is 1.99. The molecule has 0 aliphatic heterocycles. The zero-order valence-corrected chi connectivity index (χ0v) is 12.5. The Labute approximate surface area is 127 Å². The van der Waals surface area contributed by atoms with Gasteiger partial charge in [-0.3, -0.25) is 0 Å². The first-order valence-corrected chi connectivity index (χ1v) is 7.50. The summed E-state index contributed by atoms with van der Waals surface area (Å²) in [6.45, 7) is 2.51. The van der Waals surface area contributed by atoms with Gasteiger partial charge in [-0.05, 0) is 30.9 Å². The van der Waals surface area contributed by atoms with E-state index in [0.717, 1.165) is 6.42 Å². The zero-order valence-electron chi connectivity index (χ0n) is 11.7. The smallest absolute Gasteiger partial charge is 0.170 e. The number of hydrogen-bond donors (Lipinski definition) is 3. The van der Waals surface area contributed by atoms with Gasteiger partial charge in [-0.2, -0.15) is 0 Å². The van der Waals surface area contributed by atoms with Crippen LogP contribution in [0.1, 0.15) is 22.9 Å². The van der Waals surface area contributed by atoms with Gasteiger partial charge in [0.1, 0.15) is 5.82 Å². The second kappa shape index (κ2) is 7.19. The monoisotopic (exact) mass is 307 g/mol. The highest BCUT2D eigenvalue weighted by atomic mass is 32.1. The molecule has 4 nitrogen and oxygen atoms in total. The average Bonchev–Trinajstić information content (AvgIpc) is 2.98. The molecular weight excluding hydrogens is 289 g/mol. The van der Waals surface area contributed by atoms with Gasteiger partial charge in [0.2, 0.25) is 0 Å². The van der Waals surface area contributed by atoms with Crippen LogP contribution < -0.4 is 11.1 Å². The fourth-order valence-corrected chi connectivity index (χ4v) is 2.83. The standard InChI is InChI=1S/C15H18FN3OS/c1-10(7-13-3-2-6-21-13)18-9-12-5-4-11(8-14(12)16)15(17)19-20/h2-6,8,10,18,20H,7,9H2,1H3,(H2,17,19). The van der Waals surface area contributed by atoms with E-state index in [9.17, 15) is 4.39 Å². The lowest BCUT2D eigenvalue weighted by atomic mass is 10.1. The second-order valence-electron chi connectivity index (χ2n) is 4.86. The summed E-state index contributed by atoms with van der Waals surface area (Å²) < 4.78 is 13.9. The predicted molar refractivity (Wildman–Crippen MR) is 83.2 cm³/mol. The summed E-state index contributed by atoms with van der Waals surface area (Å²) in [7, 11) is 0. The molecule has 1 aromatic heterocycles. The van der Waals surface area contributed by atoms with E-state index in [1.54, 1.807) is 23.5 Å². The van der Waals surface area contributed by atoms with Gasteiger partial charge in [-0.15, -0.1) is 11.3 Å². The van der Waals surface area contributed by atoms with Crippen LogP contribution in [0.2, 0.25) is 0 Å². The van der Waals surface area contributed by atoms with Crippen LogP contribution in [0.4, 0.5) is 4.39 Å². The maximum Gasteiger partial charge on any atom is 0.170 e. The quantitative estimate of drug-likeness (QED) is 0.332. The van der Waals surface area contributed by atoms with Crippen LogP contribution in [0.3, 0.4) is 0 Å². The Hall–Kier alpha value is -1.92. The van der Waals surface area contributed by atoms with Gasteiger partial charge in [0, 0.05) is 28.6 Å². The molecule has 0 spiro atoms. The second-order valence-corrected chi connectivity index (χ2v) is 5.89. The van der Waals surface area contributed by atoms with E-state index in [1.807, 2.05) is 11.4 Å². The summed E-state index contributed by atoms with van der Waals surface area (Å²) in [4.78, 5) is 1.30. The van der Waals surface area contributed by atoms with E-state index < -0.39 is 0 Å². The van der Waals surface area contributed by atoms with Crippen LogP contribution in [-0.2, 0) is 13.0 Å². The maximum atomic E-state index is 13.9. The Balaban J connectivity index is 1.94. The molecule has 0 bridgehead atoms. The lowest BCUT2D eigenvalue weighted by Gasteiger charge is -2.13. The number of thiophene rings is 1. The van der Waals surface area contributed by atoms with Crippen molar-refractivity contribution < 1.29 is 9.60 Å². The molecular formula is C15H18FN3OS. The minimum Gasteiger partial charge on any atom is -0.409 e. The van der Waals surface area contributed by atoms with Gasteiger partial charge >= 0.3 is 0 Å². The lowest BCUT2D eigenvalue weighted by molar-refractivity contribution is 0.318. The van der Waals surface area contributed by atoms with E-state index in [1.165, 1.54) is 10.9 Å². The Morgan fingerprint density at radius 3 is 2.90 bits per heavy atom. The molecule has 1 aromatic carbocycles. The third-order valence-corrected chi connectivity index (χ3v) is 4.08. The van der Waals surface area contributed by atoms with Crippen LogP contribution >= 0.6 is 11.3 Å². The molecule has 0 saturated carbocycles. The van der Waals surface area contributed by atoms with Crippen LogP contribution in [0.25, 0.3) is 0 Å². The van der Waals surface area contributed by atoms with Gasteiger partial charge in [0.15, 0.2) is 5.84 Å². The van der Waals surface area contributed by atoms with E-state index >= 15 is 0 Å². The van der Waals surface area contributed by atoms with Crippen LogP contribution in [0.5, 0.6) is 0 Å². The first-order valence-electron chi connectivity index (χ1n) is 6.62. The van der Waals surface area contributed by atoms with Crippen molar-refractivity contribution in [1.82, 2.24) is 5.32 Å². The van der Waals surface area contributed by atoms with Crippen molar-refractivity contribution in [3.8, 4) is 0 Å². The number of rotatable bonds is 6. The van der Waals surface area contributed by atoms with Crippen molar-refractivity contribution in [2.24, 2.45) is 10.9 Å². The first kappa shape index (κ1) is 15.5. The zero-order chi connectivity index (χ0) is 15.2. The van der Waals surface area contributed by atoms with Crippen molar-refractivity contribution in [3.63, 3.8) is 0 Å². The summed E-state index contributed by atoms with van der Waals surface area (Å²) in [6, 6.07) is 8.93. The average molecular weight is 307 g/mol. The minimum atomic E-state index is -0.366. The number of nitrogens with two attached hydrogens (primary N) is 1. The SMILES string of the molecule is CC(Cc1cccs1)NCc1ccc(C(N)=NO)cc1F. The molecule has 21 heavy (non-hydrogen) atoms. The minimum absolute atomic E-state index is 0.0977. The molecule has 0 amide bonds. The molecule has 0 saturated heterocycles. The van der Waals surface area contributed by atoms with Crippen LogP contribution in [0, 0.1) is 5.82 Å². The van der Waals surface area contributed by atoms with Crippen molar-refractivity contribution in [3.05, 3.63) is 57.5 Å². The van der Waals surface area contributed by atoms with Crippen molar-refractivity contribution in [2.75, 3.05) is 0 Å². The largest absolute Gasteiger partial charge is 0.409 e. The number of hydrogen-bond acceptors (Lipinski definition) is 4. The third-order valence-electron chi connectivity index (χ3n) is 3.19. The summed E-state index contributed by atoms with van der Waals surface area (Å²) in [5.74, 6) is -0.464. The maximum absolute atomic E-state index is 13.9. The van der Waals surface area contributed by atoms with Gasteiger partial charge < -0.3 is 16.3 Å². The van der Waals surface area contributed by atoms with Gasteiger partial charge in [-0.25, -0.2) is 4.39 Å². The van der Waals surface area contributed by atoms with Gasteiger partial charge in [0.05, 0.1) is 0 Å². The van der Waals surface area contributed by atoms with Crippen molar-refractivity contribution >= 4 is 17.2 Å². The number of halogens is 1. The van der Waals surface area contributed by atoms with Gasteiger partial charge in [0.25, 0.3) is 0 Å². The Kier molecular flexibility index (Phi) is 5.30. The summed E-state index contributed by atoms with van der Waals surface area (Å²) in [5.41, 5.74) is 6.35. The van der Waals surface area contributed by atoms with Crippen molar-refractivity contribution in [1.29, 1.82) is 0 Å². The molecule has 0 fully saturated rings. The van der Waals surface area contributed by atoms with E-state index in [0.29, 0.717) is 17.7 Å². The number of benzene rings is 1. The number of amidine groups is 1. The van der Waals surface area contributed by atoms with E-state index in [2.05, 4.69) is 23.5 Å². The van der Waals surface area contributed by atoms with E-state index in [4.69, 9.17) is 10.9 Å². The Morgan fingerprint density at radius 1 is 1.48 bits per heavy atom. The number of oxime groups is 1. The molecule has 6 heteroatoms. The van der Waals surface area contributed by atoms with Crippen molar-refractivity contribution in [2.45, 2.75) is 25.9 Å². The highest BCUT2D eigenvalue weighted by molar-refractivity contribution is 7.09.